The molecule has 3 aliphatic heterocycles. The minimum Gasteiger partial charge on any atom is -0.465 e. The zero-order valence-electron chi connectivity index (χ0n) is 47.1. The van der Waals surface area contributed by atoms with E-state index in [0.717, 1.165) is 62.5 Å². The van der Waals surface area contributed by atoms with Crippen molar-refractivity contribution in [2.45, 2.75) is 180 Å². The molecule has 16 heteroatoms. The van der Waals surface area contributed by atoms with Gasteiger partial charge in [0.15, 0.2) is 0 Å². The van der Waals surface area contributed by atoms with Crippen LogP contribution in [0.2, 0.25) is 0 Å². The highest BCUT2D eigenvalue weighted by molar-refractivity contribution is 5.94. The first kappa shape index (κ1) is 62.5. The summed E-state index contributed by atoms with van der Waals surface area (Å²) in [5, 5.41) is 11.8. The topological polar surface area (TPSA) is 210 Å². The maximum atomic E-state index is 14.3. The second-order valence-corrected chi connectivity index (χ2v) is 22.1. The van der Waals surface area contributed by atoms with Crippen LogP contribution in [0, 0.1) is 23.7 Å². The molecule has 3 aliphatic rings. The van der Waals surface area contributed by atoms with Gasteiger partial charge in [0.1, 0.15) is 24.2 Å². The average Bonchev–Trinajstić information content (AvgIpc) is 3.43. The normalized spacial score (nSPS) is 26.0. The van der Waals surface area contributed by atoms with Crippen molar-refractivity contribution in [3.8, 4) is 0 Å². The number of esters is 2. The van der Waals surface area contributed by atoms with Crippen molar-refractivity contribution in [2.24, 2.45) is 23.7 Å². The summed E-state index contributed by atoms with van der Waals surface area (Å²) in [6, 6.07) is 15.4. The van der Waals surface area contributed by atoms with E-state index in [4.69, 9.17) is 9.47 Å². The van der Waals surface area contributed by atoms with Crippen LogP contribution in [0.15, 0.2) is 85.0 Å². The van der Waals surface area contributed by atoms with Crippen LogP contribution in [-0.2, 0) is 60.7 Å². The van der Waals surface area contributed by atoms with Gasteiger partial charge in [0.05, 0.1) is 25.0 Å². The van der Waals surface area contributed by atoms with E-state index < -0.39 is 47.8 Å². The minimum atomic E-state index is -0.904. The van der Waals surface area contributed by atoms with Gasteiger partial charge in [-0.1, -0.05) is 113 Å². The molecule has 0 aliphatic carbocycles. The summed E-state index contributed by atoms with van der Waals surface area (Å²) in [6.45, 7) is 9.30. The number of allylic oxidation sites excluding steroid dienone is 4. The molecule has 428 valence electrons. The maximum Gasteiger partial charge on any atom is 0.310 e. The highest BCUT2D eigenvalue weighted by Crippen LogP contribution is 2.23. The number of hydrogen-bond acceptors (Lipinski definition) is 10. The van der Waals surface area contributed by atoms with Crippen molar-refractivity contribution in [3.05, 3.63) is 96.1 Å². The molecule has 2 aromatic carbocycles. The predicted molar refractivity (Wildman–Crippen MR) is 301 cm³/mol. The minimum absolute atomic E-state index is 0.199. The fourth-order valence-electron chi connectivity index (χ4n) is 10.2. The lowest BCUT2D eigenvalue weighted by Crippen LogP contribution is -2.57. The summed E-state index contributed by atoms with van der Waals surface area (Å²) < 4.78 is 11.4. The van der Waals surface area contributed by atoms with E-state index in [0.29, 0.717) is 64.5 Å². The molecule has 0 spiro atoms. The van der Waals surface area contributed by atoms with Gasteiger partial charge in [0.25, 0.3) is 0 Å². The van der Waals surface area contributed by atoms with Gasteiger partial charge in [0, 0.05) is 51.9 Å². The third-order valence-electron chi connectivity index (χ3n) is 14.9. The third-order valence-corrected chi connectivity index (χ3v) is 14.9. The standard InChI is InChI=1S/C62H90N6O10/c1-45(2)55-57(71)63-51(41-47-29-19-17-20-30-47)59(73)67-37-27-33-49(43-67)61(75)77-39-26-16-12-8-6-10-14-24-36-54(70)66-56(46(3)4)58(72)64-52(42-48-31-21-18-22-32-48)60(74)68-38-28-34-50(44-68)62(76)78-40-25-15-11-7-5-9-13-23-35-53(69)65-55/h5-8,17-22,29-32,45-46,49-52,55-56H,9-16,23-28,33-44H2,1-4H3,(H,63,71)(H,64,72)(H,65,69)(H,66,70)/b7-5+,8-6+/t49-,50-,51-,52+,55+,56+/m1/s1. The zero-order chi connectivity index (χ0) is 56.1. The van der Waals surface area contributed by atoms with Crippen molar-refractivity contribution >= 4 is 47.4 Å². The Hall–Kier alpha value is -6.32. The molecule has 0 unspecified atom stereocenters. The number of hydrogen-bond donors (Lipinski definition) is 4. The van der Waals surface area contributed by atoms with Crippen LogP contribution >= 0.6 is 0 Å². The van der Waals surface area contributed by atoms with Gasteiger partial charge in [-0.15, -0.1) is 0 Å². The predicted octanol–water partition coefficient (Wildman–Crippen LogP) is 7.87. The number of carbonyl (C=O) groups is 8. The molecular formula is C62H90N6O10. The van der Waals surface area contributed by atoms with E-state index in [9.17, 15) is 38.4 Å². The molecule has 78 heavy (non-hydrogen) atoms. The molecule has 2 saturated heterocycles. The molecule has 16 nitrogen and oxygen atoms in total. The molecule has 6 atom stereocenters. The fourth-order valence-corrected chi connectivity index (χ4v) is 10.2. The van der Waals surface area contributed by atoms with Crippen molar-refractivity contribution in [2.75, 3.05) is 39.4 Å². The Morgan fingerprint density at radius 3 is 1.18 bits per heavy atom. The fraction of sp³-hybridized carbons (Fsp3) is 0.613. The Morgan fingerprint density at radius 1 is 0.462 bits per heavy atom. The lowest BCUT2D eigenvalue weighted by Gasteiger charge is -2.35. The number of nitrogens with one attached hydrogen (secondary N) is 4. The van der Waals surface area contributed by atoms with E-state index in [2.05, 4.69) is 45.6 Å². The van der Waals surface area contributed by atoms with Gasteiger partial charge in [-0.2, -0.15) is 0 Å². The summed E-state index contributed by atoms with van der Waals surface area (Å²) >= 11 is 0. The van der Waals surface area contributed by atoms with Crippen molar-refractivity contribution in [1.82, 2.24) is 31.1 Å². The van der Waals surface area contributed by atoms with Gasteiger partial charge < -0.3 is 40.5 Å². The molecule has 0 radical (unpaired) electrons. The Bertz CT molecular complexity index is 2110. The monoisotopic (exact) mass is 1080 g/mol. The van der Waals surface area contributed by atoms with E-state index in [1.54, 1.807) is 9.80 Å². The van der Waals surface area contributed by atoms with Crippen LogP contribution in [0.4, 0.5) is 0 Å². The number of fused-ring (bicyclic) bond motifs is 4. The molecule has 2 aromatic rings. The molecule has 4 bridgehead atoms. The number of amides is 6. The zero-order valence-corrected chi connectivity index (χ0v) is 47.1. The molecule has 3 heterocycles. The number of ether oxygens (including phenoxy) is 2. The van der Waals surface area contributed by atoms with Gasteiger partial charge in [-0.25, -0.2) is 0 Å². The molecule has 6 amide bonds. The molecular weight excluding hydrogens is 989 g/mol. The average molecular weight is 1080 g/mol. The van der Waals surface area contributed by atoms with Gasteiger partial charge in [-0.3, -0.25) is 38.4 Å². The third kappa shape index (κ3) is 22.2. The van der Waals surface area contributed by atoms with Crippen LogP contribution in [0.3, 0.4) is 0 Å². The first-order valence-corrected chi connectivity index (χ1v) is 29.2. The van der Waals surface area contributed by atoms with Crippen LogP contribution < -0.4 is 21.3 Å². The second-order valence-electron chi connectivity index (χ2n) is 22.1. The van der Waals surface area contributed by atoms with Crippen molar-refractivity contribution < 1.29 is 47.8 Å². The Labute approximate surface area is 464 Å². The Morgan fingerprint density at radius 2 is 0.821 bits per heavy atom. The van der Waals surface area contributed by atoms with E-state index in [1.165, 1.54) is 0 Å². The van der Waals surface area contributed by atoms with Gasteiger partial charge in [-0.05, 0) is 126 Å². The molecule has 0 saturated carbocycles. The lowest BCUT2D eigenvalue weighted by atomic mass is 9.96. The van der Waals surface area contributed by atoms with Gasteiger partial charge >= 0.3 is 11.9 Å². The van der Waals surface area contributed by atoms with Crippen LogP contribution in [0.5, 0.6) is 0 Å². The van der Waals surface area contributed by atoms with Crippen molar-refractivity contribution in [3.63, 3.8) is 0 Å². The number of rotatable bonds is 6. The SMILES string of the molecule is CC(C)[C@@H]1NC(=O)CCCC/C=C/CCCCOC(=O)[C@@H]2CCCN(C2)C(=O)[C@@H](Cc2ccccc2)NC(=O)[C@H](C(C)C)NC(=O)CCCC/C=C/CCCCOC(=O)[C@@H]2CCCN(C2)C(=O)[C@H](Cc2ccccc2)NC1=O. The number of benzene rings is 2. The van der Waals surface area contributed by atoms with Gasteiger partial charge in [0.2, 0.25) is 35.4 Å². The molecule has 4 N–H and O–H groups in total. The smallest absolute Gasteiger partial charge is 0.310 e. The van der Waals surface area contributed by atoms with E-state index in [-0.39, 0.29) is 99.4 Å². The summed E-state index contributed by atoms with van der Waals surface area (Å²) in [4.78, 5) is 113. The Balaban J connectivity index is 1.20. The molecule has 5 rings (SSSR count). The largest absolute Gasteiger partial charge is 0.465 e. The number of carbonyl (C=O) groups excluding carboxylic acids is 8. The van der Waals surface area contributed by atoms with Crippen molar-refractivity contribution in [1.29, 1.82) is 0 Å². The van der Waals surface area contributed by atoms with E-state index in [1.807, 2.05) is 88.4 Å². The lowest BCUT2D eigenvalue weighted by molar-refractivity contribution is -0.153. The summed E-state index contributed by atoms with van der Waals surface area (Å²) in [7, 11) is 0. The van der Waals surface area contributed by atoms with E-state index >= 15 is 0 Å². The molecule has 0 aromatic heterocycles. The molecule has 2 fully saturated rings. The quantitative estimate of drug-likeness (QED) is 0.163. The highest BCUT2D eigenvalue weighted by atomic mass is 16.5. The van der Waals surface area contributed by atoms with Crippen LogP contribution in [-0.4, -0.2) is 121 Å². The van der Waals surface area contributed by atoms with Crippen LogP contribution in [0.1, 0.15) is 154 Å². The summed E-state index contributed by atoms with van der Waals surface area (Å²) in [6.07, 6.45) is 20.9. The first-order chi connectivity index (χ1) is 37.7. The number of nitrogens with zero attached hydrogens (tertiary/aromatic N) is 2. The highest BCUT2D eigenvalue weighted by Gasteiger charge is 2.37. The summed E-state index contributed by atoms with van der Waals surface area (Å²) in [5.41, 5.74) is 1.75. The summed E-state index contributed by atoms with van der Waals surface area (Å²) in [5.74, 6) is -3.97. The second kappa shape index (κ2) is 34.5. The Kier molecular flexibility index (Phi) is 27.7. The van der Waals surface area contributed by atoms with Crippen LogP contribution in [0.25, 0.3) is 0 Å². The maximum absolute atomic E-state index is 14.3. The first-order valence-electron chi connectivity index (χ1n) is 29.2. The number of piperidine rings is 2. The number of cyclic esters (lactones) is 2.